The Hall–Kier alpha value is -3.76. The van der Waals surface area contributed by atoms with Crippen LogP contribution in [0.5, 0.6) is 0 Å². The van der Waals surface area contributed by atoms with Crippen molar-refractivity contribution in [3.63, 3.8) is 0 Å². The highest BCUT2D eigenvalue weighted by Crippen LogP contribution is 2.21. The molecular weight excluding hydrogens is 519 g/mol. The molecule has 0 aliphatic carbocycles. The fourth-order valence-electron chi connectivity index (χ4n) is 4.02. The summed E-state index contributed by atoms with van der Waals surface area (Å²) in [5.41, 5.74) is 1.76. The molecule has 0 heterocycles. The zero-order chi connectivity index (χ0) is 28.4. The zero-order valence-electron chi connectivity index (χ0n) is 22.5. The van der Waals surface area contributed by atoms with Gasteiger partial charge in [0.25, 0.3) is 0 Å². The standard InChI is InChI=1S/C29H35FN4O4S/c1-4-19-31-29(36)27(20-23-11-7-5-8-12-23)33(21-24-15-17-25(30)18-16-24)28(35)22-34(39(37,38)32(2)3)26-13-9-6-10-14-26/h5-18,27H,4,19-22H2,1-3H3,(H,31,36)/t27-/m1/s1. The van der Waals surface area contributed by atoms with Gasteiger partial charge in [0, 0.05) is 33.6 Å². The number of hydrogen-bond donors (Lipinski definition) is 1. The number of hydrogen-bond acceptors (Lipinski definition) is 4. The second-order valence-corrected chi connectivity index (χ2v) is 11.3. The number of benzene rings is 3. The van der Waals surface area contributed by atoms with Crippen molar-refractivity contribution in [2.75, 3.05) is 31.5 Å². The second-order valence-electron chi connectivity index (χ2n) is 9.28. The van der Waals surface area contributed by atoms with Crippen LogP contribution in [0.25, 0.3) is 0 Å². The van der Waals surface area contributed by atoms with E-state index in [1.54, 1.807) is 42.5 Å². The van der Waals surface area contributed by atoms with Gasteiger partial charge in [0.05, 0.1) is 5.69 Å². The van der Waals surface area contributed by atoms with E-state index in [-0.39, 0.29) is 18.9 Å². The molecule has 2 amide bonds. The normalized spacial score (nSPS) is 12.1. The van der Waals surface area contributed by atoms with E-state index in [4.69, 9.17) is 0 Å². The van der Waals surface area contributed by atoms with Crippen molar-refractivity contribution >= 4 is 27.7 Å². The minimum absolute atomic E-state index is 0.0131. The van der Waals surface area contributed by atoms with E-state index in [1.165, 1.54) is 31.1 Å². The van der Waals surface area contributed by atoms with Gasteiger partial charge in [-0.3, -0.25) is 9.59 Å². The van der Waals surface area contributed by atoms with Crippen molar-refractivity contribution in [3.05, 3.63) is 102 Å². The van der Waals surface area contributed by atoms with Crippen LogP contribution in [0.3, 0.4) is 0 Å². The van der Waals surface area contributed by atoms with Crippen LogP contribution in [0.4, 0.5) is 10.1 Å². The predicted molar refractivity (Wildman–Crippen MR) is 151 cm³/mol. The fraction of sp³-hybridized carbons (Fsp3) is 0.310. The lowest BCUT2D eigenvalue weighted by Crippen LogP contribution is -2.54. The summed E-state index contributed by atoms with van der Waals surface area (Å²) in [6.45, 7) is 1.81. The highest BCUT2D eigenvalue weighted by Gasteiger charge is 2.34. The number of carbonyl (C=O) groups is 2. The SMILES string of the molecule is CCCNC(=O)[C@@H](Cc1ccccc1)N(Cc1ccc(F)cc1)C(=O)CN(c1ccccc1)S(=O)(=O)N(C)C. The molecule has 0 fully saturated rings. The first kappa shape index (κ1) is 29.8. The molecule has 10 heteroatoms. The molecule has 1 N–H and O–H groups in total. The largest absolute Gasteiger partial charge is 0.354 e. The molecule has 0 aromatic heterocycles. The van der Waals surface area contributed by atoms with Gasteiger partial charge in [-0.05, 0) is 41.8 Å². The average molecular weight is 555 g/mol. The van der Waals surface area contributed by atoms with E-state index in [0.717, 1.165) is 14.2 Å². The van der Waals surface area contributed by atoms with Crippen molar-refractivity contribution in [2.24, 2.45) is 0 Å². The van der Waals surface area contributed by atoms with Gasteiger partial charge < -0.3 is 10.2 Å². The molecule has 208 valence electrons. The predicted octanol–water partition coefficient (Wildman–Crippen LogP) is 3.60. The Morgan fingerprint density at radius 1 is 0.872 bits per heavy atom. The fourth-order valence-corrected chi connectivity index (χ4v) is 5.07. The first-order chi connectivity index (χ1) is 18.6. The number of carbonyl (C=O) groups excluding carboxylic acids is 2. The summed E-state index contributed by atoms with van der Waals surface area (Å²) in [7, 11) is -1.27. The van der Waals surface area contributed by atoms with Gasteiger partial charge >= 0.3 is 10.2 Å². The van der Waals surface area contributed by atoms with Crippen molar-refractivity contribution in [1.29, 1.82) is 0 Å². The molecule has 0 saturated carbocycles. The van der Waals surface area contributed by atoms with Crippen LogP contribution >= 0.6 is 0 Å². The molecule has 0 aliphatic rings. The number of amides is 2. The quantitative estimate of drug-likeness (QED) is 0.350. The highest BCUT2D eigenvalue weighted by molar-refractivity contribution is 7.90. The van der Waals surface area contributed by atoms with Gasteiger partial charge in [0.2, 0.25) is 11.8 Å². The van der Waals surface area contributed by atoms with E-state index < -0.39 is 34.5 Å². The third kappa shape index (κ3) is 8.11. The van der Waals surface area contributed by atoms with Crippen LogP contribution in [0.1, 0.15) is 24.5 Å². The van der Waals surface area contributed by atoms with Crippen molar-refractivity contribution < 1.29 is 22.4 Å². The van der Waals surface area contributed by atoms with E-state index >= 15 is 0 Å². The summed E-state index contributed by atoms with van der Waals surface area (Å²) in [5, 5.41) is 2.88. The molecule has 0 saturated heterocycles. The van der Waals surface area contributed by atoms with E-state index in [9.17, 15) is 22.4 Å². The van der Waals surface area contributed by atoms with Crippen LogP contribution in [0.15, 0.2) is 84.9 Å². The van der Waals surface area contributed by atoms with Crippen LogP contribution in [-0.2, 0) is 32.8 Å². The van der Waals surface area contributed by atoms with Crippen LogP contribution < -0.4 is 9.62 Å². The third-order valence-corrected chi connectivity index (χ3v) is 7.97. The summed E-state index contributed by atoms with van der Waals surface area (Å²) >= 11 is 0. The number of nitrogens with zero attached hydrogens (tertiary/aromatic N) is 3. The Labute approximate surface area is 230 Å². The Kier molecular flexibility index (Phi) is 10.6. The Balaban J connectivity index is 2.05. The summed E-state index contributed by atoms with van der Waals surface area (Å²) in [6, 6.07) is 22.4. The smallest absolute Gasteiger partial charge is 0.304 e. The van der Waals surface area contributed by atoms with Gasteiger partial charge in [-0.15, -0.1) is 0 Å². The lowest BCUT2D eigenvalue weighted by molar-refractivity contribution is -0.140. The molecule has 0 aliphatic heterocycles. The average Bonchev–Trinajstić information content (AvgIpc) is 2.94. The van der Waals surface area contributed by atoms with E-state index in [2.05, 4.69) is 5.32 Å². The Bertz CT molecular complexity index is 1320. The second kappa shape index (κ2) is 13.9. The maximum Gasteiger partial charge on any atom is 0.304 e. The molecular formula is C29H35FN4O4S. The van der Waals surface area contributed by atoms with Crippen molar-refractivity contribution in [1.82, 2.24) is 14.5 Å². The molecule has 3 aromatic rings. The molecule has 0 unspecified atom stereocenters. The number of anilines is 1. The first-order valence-corrected chi connectivity index (χ1v) is 14.1. The molecule has 3 rings (SSSR count). The van der Waals surface area contributed by atoms with Crippen LogP contribution in [0, 0.1) is 5.82 Å². The lowest BCUT2D eigenvalue weighted by Gasteiger charge is -2.34. The van der Waals surface area contributed by atoms with E-state index in [1.807, 2.05) is 37.3 Å². The maximum atomic E-state index is 14.0. The summed E-state index contributed by atoms with van der Waals surface area (Å²) in [5.74, 6) is -1.34. The van der Waals surface area contributed by atoms with Gasteiger partial charge in [0.15, 0.2) is 0 Å². The van der Waals surface area contributed by atoms with Crippen LogP contribution in [0.2, 0.25) is 0 Å². The number of nitrogens with one attached hydrogen (secondary N) is 1. The third-order valence-electron chi connectivity index (χ3n) is 6.15. The molecule has 39 heavy (non-hydrogen) atoms. The summed E-state index contributed by atoms with van der Waals surface area (Å²) < 4.78 is 42.3. The topological polar surface area (TPSA) is 90.0 Å². The van der Waals surface area contributed by atoms with Gasteiger partial charge in [0.1, 0.15) is 18.4 Å². The van der Waals surface area contributed by atoms with Crippen molar-refractivity contribution in [2.45, 2.75) is 32.4 Å². The molecule has 0 bridgehead atoms. The van der Waals surface area contributed by atoms with Crippen molar-refractivity contribution in [3.8, 4) is 0 Å². The Morgan fingerprint density at radius 2 is 1.46 bits per heavy atom. The highest BCUT2D eigenvalue weighted by atomic mass is 32.2. The van der Waals surface area contributed by atoms with Gasteiger partial charge in [-0.25, -0.2) is 8.70 Å². The van der Waals surface area contributed by atoms with Gasteiger partial charge in [-0.2, -0.15) is 12.7 Å². The zero-order valence-corrected chi connectivity index (χ0v) is 23.3. The maximum absolute atomic E-state index is 14.0. The molecule has 1 atom stereocenters. The minimum atomic E-state index is -4.05. The van der Waals surface area contributed by atoms with Gasteiger partial charge in [-0.1, -0.05) is 67.6 Å². The summed E-state index contributed by atoms with van der Waals surface area (Å²) in [4.78, 5) is 28.9. The number of para-hydroxylation sites is 1. The Morgan fingerprint density at radius 3 is 2.03 bits per heavy atom. The first-order valence-electron chi connectivity index (χ1n) is 12.7. The molecule has 0 radical (unpaired) electrons. The number of halogens is 1. The molecule has 0 spiro atoms. The lowest BCUT2D eigenvalue weighted by atomic mass is 10.0. The minimum Gasteiger partial charge on any atom is -0.354 e. The number of rotatable bonds is 13. The molecule has 3 aromatic carbocycles. The van der Waals surface area contributed by atoms with E-state index in [0.29, 0.717) is 24.2 Å². The summed E-state index contributed by atoms with van der Waals surface area (Å²) in [6.07, 6.45) is 0.924. The monoisotopic (exact) mass is 554 g/mol. The molecule has 8 nitrogen and oxygen atoms in total. The van der Waals surface area contributed by atoms with Crippen LogP contribution in [-0.4, -0.2) is 62.7 Å².